The lowest BCUT2D eigenvalue weighted by Gasteiger charge is -2.07. The quantitative estimate of drug-likeness (QED) is 0.860. The maximum atomic E-state index is 12.0. The molecule has 0 atom stereocenters. The van der Waals surface area contributed by atoms with E-state index in [0.29, 0.717) is 12.1 Å². The van der Waals surface area contributed by atoms with Crippen LogP contribution in [0.2, 0.25) is 0 Å². The molecule has 1 aromatic heterocycles. The molecule has 0 spiro atoms. The Morgan fingerprint density at radius 1 is 1.21 bits per heavy atom. The third kappa shape index (κ3) is 3.81. The van der Waals surface area contributed by atoms with Gasteiger partial charge in [-0.15, -0.1) is 0 Å². The molecule has 0 saturated carbocycles. The molecular formula is C15H17N3O. The summed E-state index contributed by atoms with van der Waals surface area (Å²) in [6.45, 7) is 0.618. The SMILES string of the molecule is CNc1cccc(C(=O)NCCc2ccncc2)c1. The Morgan fingerprint density at radius 3 is 2.74 bits per heavy atom. The Kier molecular flexibility index (Phi) is 4.50. The van der Waals surface area contributed by atoms with Crippen LogP contribution in [0.5, 0.6) is 0 Å². The summed E-state index contributed by atoms with van der Waals surface area (Å²) in [5.74, 6) is -0.0499. The van der Waals surface area contributed by atoms with Gasteiger partial charge in [-0.3, -0.25) is 9.78 Å². The summed E-state index contributed by atoms with van der Waals surface area (Å²) in [6, 6.07) is 11.3. The molecule has 0 aliphatic rings. The first-order valence-electron chi connectivity index (χ1n) is 6.24. The van der Waals surface area contributed by atoms with E-state index in [9.17, 15) is 4.79 Å². The van der Waals surface area contributed by atoms with Crippen molar-refractivity contribution in [1.29, 1.82) is 0 Å². The minimum atomic E-state index is -0.0499. The third-order valence-corrected chi connectivity index (χ3v) is 2.86. The topological polar surface area (TPSA) is 54.0 Å². The van der Waals surface area contributed by atoms with E-state index in [-0.39, 0.29) is 5.91 Å². The summed E-state index contributed by atoms with van der Waals surface area (Å²) in [6.07, 6.45) is 4.32. The summed E-state index contributed by atoms with van der Waals surface area (Å²) < 4.78 is 0. The van der Waals surface area contributed by atoms with E-state index in [0.717, 1.165) is 12.1 Å². The number of aromatic nitrogens is 1. The van der Waals surface area contributed by atoms with Gasteiger partial charge in [-0.1, -0.05) is 6.07 Å². The van der Waals surface area contributed by atoms with Crippen molar-refractivity contribution in [3.8, 4) is 0 Å². The first-order chi connectivity index (χ1) is 9.29. The highest BCUT2D eigenvalue weighted by molar-refractivity contribution is 5.95. The molecule has 19 heavy (non-hydrogen) atoms. The second-order valence-electron chi connectivity index (χ2n) is 4.19. The Labute approximate surface area is 112 Å². The van der Waals surface area contributed by atoms with Crippen LogP contribution in [-0.2, 0) is 6.42 Å². The van der Waals surface area contributed by atoms with E-state index >= 15 is 0 Å². The van der Waals surface area contributed by atoms with Crippen LogP contribution < -0.4 is 10.6 Å². The Morgan fingerprint density at radius 2 is 2.00 bits per heavy atom. The van der Waals surface area contributed by atoms with E-state index in [4.69, 9.17) is 0 Å². The van der Waals surface area contributed by atoms with Crippen molar-refractivity contribution in [3.63, 3.8) is 0 Å². The van der Waals surface area contributed by atoms with Gasteiger partial charge in [0.25, 0.3) is 5.91 Å². The molecule has 4 nitrogen and oxygen atoms in total. The van der Waals surface area contributed by atoms with Gasteiger partial charge in [-0.2, -0.15) is 0 Å². The van der Waals surface area contributed by atoms with Crippen molar-refractivity contribution in [1.82, 2.24) is 10.3 Å². The molecule has 2 aromatic rings. The Bertz CT molecular complexity index is 540. The molecule has 0 aliphatic heterocycles. The zero-order chi connectivity index (χ0) is 13.5. The number of anilines is 1. The van der Waals surface area contributed by atoms with E-state index < -0.39 is 0 Å². The van der Waals surface area contributed by atoms with Gasteiger partial charge in [0.05, 0.1) is 0 Å². The highest BCUT2D eigenvalue weighted by Crippen LogP contribution is 2.09. The second-order valence-corrected chi connectivity index (χ2v) is 4.19. The van der Waals surface area contributed by atoms with Crippen LogP contribution in [0.1, 0.15) is 15.9 Å². The fraction of sp³-hybridized carbons (Fsp3) is 0.200. The molecule has 1 heterocycles. The van der Waals surface area contributed by atoms with Crippen molar-refractivity contribution in [2.24, 2.45) is 0 Å². The van der Waals surface area contributed by atoms with Crippen LogP contribution >= 0.6 is 0 Å². The van der Waals surface area contributed by atoms with Crippen LogP contribution in [0.25, 0.3) is 0 Å². The minimum Gasteiger partial charge on any atom is -0.388 e. The third-order valence-electron chi connectivity index (χ3n) is 2.86. The molecule has 0 bridgehead atoms. The molecule has 1 amide bonds. The van der Waals surface area contributed by atoms with Gasteiger partial charge in [0.15, 0.2) is 0 Å². The van der Waals surface area contributed by atoms with Gasteiger partial charge in [0, 0.05) is 37.2 Å². The molecule has 2 N–H and O–H groups in total. The molecular weight excluding hydrogens is 238 g/mol. The Hall–Kier alpha value is -2.36. The number of nitrogens with zero attached hydrogens (tertiary/aromatic N) is 1. The van der Waals surface area contributed by atoms with Crippen molar-refractivity contribution in [2.45, 2.75) is 6.42 Å². The number of hydrogen-bond acceptors (Lipinski definition) is 3. The lowest BCUT2D eigenvalue weighted by atomic mass is 10.1. The highest BCUT2D eigenvalue weighted by Gasteiger charge is 2.05. The molecule has 0 unspecified atom stereocenters. The molecule has 4 heteroatoms. The van der Waals surface area contributed by atoms with Crippen LogP contribution in [0.4, 0.5) is 5.69 Å². The van der Waals surface area contributed by atoms with Crippen LogP contribution in [0, 0.1) is 0 Å². The summed E-state index contributed by atoms with van der Waals surface area (Å²) in [5, 5.41) is 5.93. The summed E-state index contributed by atoms with van der Waals surface area (Å²) in [5.41, 5.74) is 2.77. The van der Waals surface area contributed by atoms with Crippen molar-refractivity contribution in [2.75, 3.05) is 18.9 Å². The van der Waals surface area contributed by atoms with Gasteiger partial charge in [-0.25, -0.2) is 0 Å². The monoisotopic (exact) mass is 255 g/mol. The molecule has 1 aromatic carbocycles. The minimum absolute atomic E-state index is 0.0499. The van der Waals surface area contributed by atoms with Gasteiger partial charge < -0.3 is 10.6 Å². The van der Waals surface area contributed by atoms with Crippen molar-refractivity contribution in [3.05, 3.63) is 59.9 Å². The summed E-state index contributed by atoms with van der Waals surface area (Å²) in [4.78, 5) is 15.9. The maximum absolute atomic E-state index is 12.0. The lowest BCUT2D eigenvalue weighted by molar-refractivity contribution is 0.0954. The van der Waals surface area contributed by atoms with E-state index in [2.05, 4.69) is 15.6 Å². The smallest absolute Gasteiger partial charge is 0.251 e. The molecule has 0 saturated heterocycles. The number of pyridine rings is 1. The highest BCUT2D eigenvalue weighted by atomic mass is 16.1. The van der Waals surface area contributed by atoms with Crippen LogP contribution in [-0.4, -0.2) is 24.5 Å². The number of carbonyl (C=O) groups excluding carboxylic acids is 1. The predicted octanol–water partition coefficient (Wildman–Crippen LogP) is 2.10. The van der Waals surface area contributed by atoms with Gasteiger partial charge >= 0.3 is 0 Å². The number of amides is 1. The second kappa shape index (κ2) is 6.54. The number of hydrogen-bond donors (Lipinski definition) is 2. The standard InChI is InChI=1S/C15H17N3O/c1-16-14-4-2-3-13(11-14)15(19)18-10-7-12-5-8-17-9-6-12/h2-6,8-9,11,16H,7,10H2,1H3,(H,18,19). The van der Waals surface area contributed by atoms with Crippen molar-refractivity contribution >= 4 is 11.6 Å². The van der Waals surface area contributed by atoms with Gasteiger partial charge in [-0.05, 0) is 42.3 Å². The number of carbonyl (C=O) groups is 1. The fourth-order valence-corrected chi connectivity index (χ4v) is 1.79. The Balaban J connectivity index is 1.87. The predicted molar refractivity (Wildman–Crippen MR) is 76.3 cm³/mol. The molecule has 2 rings (SSSR count). The normalized spacial score (nSPS) is 9.95. The molecule has 0 fully saturated rings. The van der Waals surface area contributed by atoms with E-state index in [1.54, 1.807) is 12.4 Å². The lowest BCUT2D eigenvalue weighted by Crippen LogP contribution is -2.25. The first-order valence-corrected chi connectivity index (χ1v) is 6.24. The number of nitrogens with one attached hydrogen (secondary N) is 2. The fourth-order valence-electron chi connectivity index (χ4n) is 1.79. The van der Waals surface area contributed by atoms with E-state index in [1.165, 1.54) is 5.56 Å². The molecule has 0 aliphatic carbocycles. The average Bonchev–Trinajstić information content (AvgIpc) is 2.48. The maximum Gasteiger partial charge on any atom is 0.251 e. The largest absolute Gasteiger partial charge is 0.388 e. The first kappa shape index (κ1) is 13.1. The van der Waals surface area contributed by atoms with Gasteiger partial charge in [0.1, 0.15) is 0 Å². The molecule has 0 radical (unpaired) electrons. The van der Waals surface area contributed by atoms with Gasteiger partial charge in [0.2, 0.25) is 0 Å². The summed E-state index contributed by atoms with van der Waals surface area (Å²) in [7, 11) is 1.83. The number of benzene rings is 1. The van der Waals surface area contributed by atoms with Crippen molar-refractivity contribution < 1.29 is 4.79 Å². The van der Waals surface area contributed by atoms with Crippen LogP contribution in [0.3, 0.4) is 0 Å². The van der Waals surface area contributed by atoms with Crippen LogP contribution in [0.15, 0.2) is 48.8 Å². The summed E-state index contributed by atoms with van der Waals surface area (Å²) >= 11 is 0. The van der Waals surface area contributed by atoms with E-state index in [1.807, 2.05) is 43.4 Å². The zero-order valence-corrected chi connectivity index (χ0v) is 10.9. The average molecular weight is 255 g/mol. The molecule has 98 valence electrons. The zero-order valence-electron chi connectivity index (χ0n) is 10.9. The number of rotatable bonds is 5.